The second kappa shape index (κ2) is 8.75. The summed E-state index contributed by atoms with van der Waals surface area (Å²) in [5, 5.41) is 18.7. The molecule has 2 aromatic rings. The van der Waals surface area contributed by atoms with Gasteiger partial charge in [-0.05, 0) is 25.0 Å². The molecule has 0 spiro atoms. The number of anilines is 1. The highest BCUT2D eigenvalue weighted by molar-refractivity contribution is 5.95. The number of aromatic nitrogens is 3. The molecule has 1 aromatic carbocycles. The molecule has 26 heavy (non-hydrogen) atoms. The summed E-state index contributed by atoms with van der Waals surface area (Å²) in [5.41, 5.74) is 1.39. The Kier molecular flexibility index (Phi) is 6.42. The van der Waals surface area contributed by atoms with Gasteiger partial charge in [0.25, 0.3) is 0 Å². The number of nitrogens with zero attached hydrogens (tertiary/aromatic N) is 4. The van der Waals surface area contributed by atoms with E-state index in [-0.39, 0.29) is 30.6 Å². The maximum absolute atomic E-state index is 12.4. The predicted molar refractivity (Wildman–Crippen MR) is 93.7 cm³/mol. The van der Waals surface area contributed by atoms with Crippen LogP contribution in [0.5, 0.6) is 0 Å². The average molecular weight is 359 g/mol. The van der Waals surface area contributed by atoms with Crippen molar-refractivity contribution in [2.75, 3.05) is 18.4 Å². The molecule has 0 unspecified atom stereocenters. The van der Waals surface area contributed by atoms with Crippen molar-refractivity contribution in [2.24, 2.45) is 0 Å². The summed E-state index contributed by atoms with van der Waals surface area (Å²) in [5.74, 6) is -1.86. The number of carbonyl (C=O) groups is 3. The maximum Gasteiger partial charge on any atom is 0.358 e. The third-order valence-corrected chi connectivity index (χ3v) is 3.65. The lowest BCUT2D eigenvalue weighted by molar-refractivity contribution is -0.135. The number of aryl methyl sites for hydroxylation is 1. The quantitative estimate of drug-likeness (QED) is 0.730. The standard InChI is InChI=1S/C17H21N5O4/c1-3-8-21(10-15(23)18-13-7-5-4-6-12(13)2)16(24)11-22-9-14(17(25)26)19-20-22/h4-7,9H,3,8,10-11H2,1-2H3,(H,18,23)(H,25,26). The van der Waals surface area contributed by atoms with Crippen LogP contribution in [0.1, 0.15) is 29.4 Å². The zero-order valence-corrected chi connectivity index (χ0v) is 14.7. The zero-order valence-electron chi connectivity index (χ0n) is 14.7. The normalized spacial score (nSPS) is 10.4. The van der Waals surface area contributed by atoms with Gasteiger partial charge < -0.3 is 15.3 Å². The fraction of sp³-hybridized carbons (Fsp3) is 0.353. The molecule has 2 N–H and O–H groups in total. The molecule has 0 aliphatic rings. The van der Waals surface area contributed by atoms with Gasteiger partial charge in [0.05, 0.1) is 12.7 Å². The molecule has 0 saturated carbocycles. The van der Waals surface area contributed by atoms with Gasteiger partial charge in [-0.1, -0.05) is 30.3 Å². The first-order valence-corrected chi connectivity index (χ1v) is 8.17. The highest BCUT2D eigenvalue weighted by Gasteiger charge is 2.19. The van der Waals surface area contributed by atoms with Crippen molar-refractivity contribution < 1.29 is 19.5 Å². The number of aromatic carboxylic acids is 1. The van der Waals surface area contributed by atoms with Crippen LogP contribution in [0.25, 0.3) is 0 Å². The lowest BCUT2D eigenvalue weighted by Crippen LogP contribution is -2.40. The van der Waals surface area contributed by atoms with E-state index in [9.17, 15) is 14.4 Å². The molecule has 0 aliphatic carbocycles. The zero-order chi connectivity index (χ0) is 19.1. The first-order valence-electron chi connectivity index (χ1n) is 8.17. The number of hydrogen-bond acceptors (Lipinski definition) is 5. The number of amides is 2. The summed E-state index contributed by atoms with van der Waals surface area (Å²) in [6.45, 7) is 3.91. The Balaban J connectivity index is 2.00. The van der Waals surface area contributed by atoms with Crippen LogP contribution in [-0.4, -0.2) is 55.9 Å². The lowest BCUT2D eigenvalue weighted by atomic mass is 10.2. The summed E-state index contributed by atoms with van der Waals surface area (Å²) >= 11 is 0. The number of rotatable bonds is 8. The minimum atomic E-state index is -1.22. The van der Waals surface area contributed by atoms with Gasteiger partial charge in [0, 0.05) is 12.2 Å². The lowest BCUT2D eigenvalue weighted by Gasteiger charge is -2.21. The summed E-state index contributed by atoms with van der Waals surface area (Å²) in [4.78, 5) is 37.0. The maximum atomic E-state index is 12.4. The molecule has 1 aromatic heterocycles. The molecule has 2 amide bonds. The number of nitrogens with one attached hydrogen (secondary N) is 1. The monoisotopic (exact) mass is 359 g/mol. The van der Waals surface area contributed by atoms with Crippen molar-refractivity contribution >= 4 is 23.5 Å². The molecule has 9 nitrogen and oxygen atoms in total. The van der Waals surface area contributed by atoms with E-state index < -0.39 is 5.97 Å². The van der Waals surface area contributed by atoms with Crippen molar-refractivity contribution in [2.45, 2.75) is 26.8 Å². The summed E-state index contributed by atoms with van der Waals surface area (Å²) in [6, 6.07) is 7.38. The SMILES string of the molecule is CCCN(CC(=O)Nc1ccccc1C)C(=O)Cn1cc(C(=O)O)nn1. The van der Waals surface area contributed by atoms with Crippen molar-refractivity contribution in [1.82, 2.24) is 19.9 Å². The minimum absolute atomic E-state index is 0.0957. The van der Waals surface area contributed by atoms with E-state index in [4.69, 9.17) is 5.11 Å². The van der Waals surface area contributed by atoms with Crippen LogP contribution in [0.2, 0.25) is 0 Å². The third kappa shape index (κ3) is 5.13. The molecule has 0 atom stereocenters. The smallest absolute Gasteiger partial charge is 0.358 e. The van der Waals surface area contributed by atoms with Gasteiger partial charge in [-0.15, -0.1) is 5.10 Å². The van der Waals surface area contributed by atoms with Crippen LogP contribution in [0, 0.1) is 6.92 Å². The molecule has 138 valence electrons. The molecule has 0 saturated heterocycles. The van der Waals surface area contributed by atoms with Crippen molar-refractivity contribution in [3.05, 3.63) is 41.7 Å². The third-order valence-electron chi connectivity index (χ3n) is 3.65. The van der Waals surface area contributed by atoms with Gasteiger partial charge in [-0.3, -0.25) is 9.59 Å². The second-order valence-corrected chi connectivity index (χ2v) is 5.78. The summed E-state index contributed by atoms with van der Waals surface area (Å²) in [6.07, 6.45) is 1.86. The van der Waals surface area contributed by atoms with Crippen LogP contribution in [0.3, 0.4) is 0 Å². The van der Waals surface area contributed by atoms with E-state index in [1.807, 2.05) is 32.0 Å². The number of hydrogen-bond donors (Lipinski definition) is 2. The molecule has 0 radical (unpaired) electrons. The first-order chi connectivity index (χ1) is 12.4. The van der Waals surface area contributed by atoms with Crippen LogP contribution < -0.4 is 5.32 Å². The molecule has 0 bridgehead atoms. The Labute approximate surface area is 150 Å². The molecular formula is C17H21N5O4. The van der Waals surface area contributed by atoms with Crippen LogP contribution in [0.15, 0.2) is 30.5 Å². The van der Waals surface area contributed by atoms with Crippen molar-refractivity contribution in [3.63, 3.8) is 0 Å². The molecular weight excluding hydrogens is 338 g/mol. The number of para-hydroxylation sites is 1. The molecule has 2 rings (SSSR count). The van der Waals surface area contributed by atoms with Gasteiger partial charge >= 0.3 is 5.97 Å². The Morgan fingerprint density at radius 2 is 2.00 bits per heavy atom. The Hall–Kier alpha value is -3.23. The molecule has 1 heterocycles. The van der Waals surface area contributed by atoms with Gasteiger partial charge in [0.2, 0.25) is 11.8 Å². The Morgan fingerprint density at radius 1 is 1.27 bits per heavy atom. The molecule has 0 fully saturated rings. The van der Waals surface area contributed by atoms with Crippen LogP contribution in [0.4, 0.5) is 5.69 Å². The van der Waals surface area contributed by atoms with E-state index in [0.29, 0.717) is 18.7 Å². The van der Waals surface area contributed by atoms with E-state index in [2.05, 4.69) is 15.6 Å². The minimum Gasteiger partial charge on any atom is -0.476 e. The highest BCUT2D eigenvalue weighted by atomic mass is 16.4. The molecule has 0 aliphatic heterocycles. The average Bonchev–Trinajstić information content (AvgIpc) is 3.05. The van der Waals surface area contributed by atoms with Gasteiger partial charge in [-0.2, -0.15) is 0 Å². The largest absolute Gasteiger partial charge is 0.476 e. The Bertz CT molecular complexity index is 802. The topological polar surface area (TPSA) is 117 Å². The van der Waals surface area contributed by atoms with E-state index in [1.165, 1.54) is 11.1 Å². The van der Waals surface area contributed by atoms with Crippen molar-refractivity contribution in [1.29, 1.82) is 0 Å². The molecule has 9 heteroatoms. The number of carbonyl (C=O) groups excluding carboxylic acids is 2. The highest BCUT2D eigenvalue weighted by Crippen LogP contribution is 2.13. The number of carboxylic acid groups (broad SMARTS) is 1. The van der Waals surface area contributed by atoms with E-state index >= 15 is 0 Å². The number of carboxylic acids is 1. The van der Waals surface area contributed by atoms with E-state index in [1.54, 1.807) is 6.07 Å². The fourth-order valence-corrected chi connectivity index (χ4v) is 2.35. The number of benzene rings is 1. The predicted octanol–water partition coefficient (Wildman–Crippen LogP) is 1.16. The fourth-order valence-electron chi connectivity index (χ4n) is 2.35. The summed E-state index contributed by atoms with van der Waals surface area (Å²) < 4.78 is 1.15. The Morgan fingerprint density at radius 3 is 2.62 bits per heavy atom. The van der Waals surface area contributed by atoms with Crippen LogP contribution in [-0.2, 0) is 16.1 Å². The van der Waals surface area contributed by atoms with E-state index in [0.717, 1.165) is 10.2 Å². The van der Waals surface area contributed by atoms with Crippen molar-refractivity contribution in [3.8, 4) is 0 Å². The summed E-state index contributed by atoms with van der Waals surface area (Å²) in [7, 11) is 0. The van der Waals surface area contributed by atoms with Crippen LogP contribution >= 0.6 is 0 Å². The van der Waals surface area contributed by atoms with Gasteiger partial charge in [0.1, 0.15) is 6.54 Å². The first kappa shape index (κ1) is 19.1. The van der Waals surface area contributed by atoms with Gasteiger partial charge in [0.15, 0.2) is 5.69 Å². The van der Waals surface area contributed by atoms with Gasteiger partial charge in [-0.25, -0.2) is 9.48 Å². The second-order valence-electron chi connectivity index (χ2n) is 5.78.